The number of rotatable bonds is 7. The zero-order valence-electron chi connectivity index (χ0n) is 12.6. The molecule has 0 aromatic heterocycles. The van der Waals surface area contributed by atoms with Gasteiger partial charge in [-0.1, -0.05) is 43.2 Å². The van der Waals surface area contributed by atoms with Crippen LogP contribution < -0.4 is 5.32 Å². The lowest BCUT2D eigenvalue weighted by Crippen LogP contribution is -2.42. The Morgan fingerprint density at radius 2 is 1.95 bits per heavy atom. The molecule has 112 valence electrons. The molecule has 2 N–H and O–H groups in total. The van der Waals surface area contributed by atoms with E-state index in [0.717, 1.165) is 38.9 Å². The minimum Gasteiger partial charge on any atom is -0.392 e. The first kappa shape index (κ1) is 15.5. The zero-order chi connectivity index (χ0) is 14.2. The maximum atomic E-state index is 9.90. The normalized spacial score (nSPS) is 23.1. The SMILES string of the molecule is CN(CCCN[C@@H]1CCCC[C@H]1O)Cc1ccccc1. The van der Waals surface area contributed by atoms with Gasteiger partial charge in [0.2, 0.25) is 0 Å². The van der Waals surface area contributed by atoms with Crippen LogP contribution in [-0.2, 0) is 6.54 Å². The smallest absolute Gasteiger partial charge is 0.0693 e. The van der Waals surface area contributed by atoms with Gasteiger partial charge < -0.3 is 15.3 Å². The van der Waals surface area contributed by atoms with Gasteiger partial charge in [0.05, 0.1) is 6.10 Å². The quantitative estimate of drug-likeness (QED) is 0.751. The van der Waals surface area contributed by atoms with Crippen LogP contribution in [0.1, 0.15) is 37.7 Å². The highest BCUT2D eigenvalue weighted by molar-refractivity contribution is 5.14. The molecule has 0 bridgehead atoms. The first-order chi connectivity index (χ1) is 9.75. The van der Waals surface area contributed by atoms with Gasteiger partial charge >= 0.3 is 0 Å². The van der Waals surface area contributed by atoms with Crippen molar-refractivity contribution in [3.05, 3.63) is 35.9 Å². The van der Waals surface area contributed by atoms with Crippen LogP contribution in [0.2, 0.25) is 0 Å². The van der Waals surface area contributed by atoms with Crippen LogP contribution in [-0.4, -0.2) is 42.3 Å². The molecule has 1 aliphatic carbocycles. The van der Waals surface area contributed by atoms with Crippen molar-refractivity contribution < 1.29 is 5.11 Å². The van der Waals surface area contributed by atoms with Crippen LogP contribution in [0.5, 0.6) is 0 Å². The summed E-state index contributed by atoms with van der Waals surface area (Å²) in [7, 11) is 2.17. The van der Waals surface area contributed by atoms with E-state index >= 15 is 0 Å². The Morgan fingerprint density at radius 1 is 1.20 bits per heavy atom. The summed E-state index contributed by atoms with van der Waals surface area (Å²) in [6, 6.07) is 10.9. The molecule has 0 aliphatic heterocycles. The van der Waals surface area contributed by atoms with E-state index in [4.69, 9.17) is 0 Å². The molecule has 1 aromatic carbocycles. The van der Waals surface area contributed by atoms with Crippen molar-refractivity contribution in [1.29, 1.82) is 0 Å². The van der Waals surface area contributed by atoms with Crippen LogP contribution in [0.15, 0.2) is 30.3 Å². The Hall–Kier alpha value is -0.900. The zero-order valence-corrected chi connectivity index (χ0v) is 12.6. The summed E-state index contributed by atoms with van der Waals surface area (Å²) in [5, 5.41) is 13.4. The second-order valence-electron chi connectivity index (χ2n) is 5.99. The summed E-state index contributed by atoms with van der Waals surface area (Å²) in [6.07, 6.45) is 5.52. The minimum absolute atomic E-state index is 0.134. The highest BCUT2D eigenvalue weighted by atomic mass is 16.3. The number of aliphatic hydroxyl groups is 1. The maximum absolute atomic E-state index is 9.90. The van der Waals surface area contributed by atoms with E-state index in [1.165, 1.54) is 18.4 Å². The molecule has 0 saturated heterocycles. The van der Waals surface area contributed by atoms with Crippen LogP contribution in [0.4, 0.5) is 0 Å². The second-order valence-corrected chi connectivity index (χ2v) is 5.99. The van der Waals surface area contributed by atoms with E-state index < -0.39 is 0 Å². The topological polar surface area (TPSA) is 35.5 Å². The van der Waals surface area contributed by atoms with Gasteiger partial charge in [0.25, 0.3) is 0 Å². The van der Waals surface area contributed by atoms with Gasteiger partial charge in [-0.2, -0.15) is 0 Å². The van der Waals surface area contributed by atoms with E-state index in [1.807, 2.05) is 0 Å². The van der Waals surface area contributed by atoms with E-state index in [2.05, 4.69) is 47.6 Å². The predicted octanol–water partition coefficient (Wildman–Crippen LogP) is 2.40. The van der Waals surface area contributed by atoms with Crippen molar-refractivity contribution in [2.75, 3.05) is 20.1 Å². The number of hydrogen-bond donors (Lipinski definition) is 2. The number of aliphatic hydroxyl groups excluding tert-OH is 1. The summed E-state index contributed by atoms with van der Waals surface area (Å²) in [5.41, 5.74) is 1.37. The number of nitrogens with one attached hydrogen (secondary N) is 1. The molecule has 20 heavy (non-hydrogen) atoms. The molecule has 1 fully saturated rings. The molecule has 0 radical (unpaired) electrons. The lowest BCUT2D eigenvalue weighted by Gasteiger charge is -2.28. The summed E-state index contributed by atoms with van der Waals surface area (Å²) in [4.78, 5) is 2.36. The average Bonchev–Trinajstić information content (AvgIpc) is 2.46. The molecule has 3 nitrogen and oxygen atoms in total. The van der Waals surface area contributed by atoms with Crippen LogP contribution in [0.3, 0.4) is 0 Å². The first-order valence-corrected chi connectivity index (χ1v) is 7.89. The Morgan fingerprint density at radius 3 is 2.70 bits per heavy atom. The van der Waals surface area contributed by atoms with Gasteiger partial charge in [0, 0.05) is 12.6 Å². The average molecular weight is 276 g/mol. The molecule has 1 aliphatic rings. The van der Waals surface area contributed by atoms with E-state index in [0.29, 0.717) is 6.04 Å². The molecule has 0 unspecified atom stereocenters. The highest BCUT2D eigenvalue weighted by Gasteiger charge is 2.21. The fourth-order valence-electron chi connectivity index (χ4n) is 2.96. The van der Waals surface area contributed by atoms with Crippen molar-refractivity contribution in [3.63, 3.8) is 0 Å². The molecular weight excluding hydrogens is 248 g/mol. The van der Waals surface area contributed by atoms with Crippen molar-refractivity contribution in [2.24, 2.45) is 0 Å². The summed E-state index contributed by atoms with van der Waals surface area (Å²) < 4.78 is 0. The Kier molecular flexibility index (Phi) is 6.51. The van der Waals surface area contributed by atoms with Gasteiger partial charge in [-0.15, -0.1) is 0 Å². The highest BCUT2D eigenvalue weighted by Crippen LogP contribution is 2.18. The van der Waals surface area contributed by atoms with Gasteiger partial charge in [0.15, 0.2) is 0 Å². The molecule has 2 rings (SSSR count). The largest absolute Gasteiger partial charge is 0.392 e. The maximum Gasteiger partial charge on any atom is 0.0693 e. The molecule has 1 saturated carbocycles. The molecule has 1 aromatic rings. The monoisotopic (exact) mass is 276 g/mol. The Bertz CT molecular complexity index is 369. The first-order valence-electron chi connectivity index (χ1n) is 7.89. The van der Waals surface area contributed by atoms with E-state index in [-0.39, 0.29) is 6.10 Å². The van der Waals surface area contributed by atoms with Crippen molar-refractivity contribution in [1.82, 2.24) is 10.2 Å². The van der Waals surface area contributed by atoms with Gasteiger partial charge in [0.1, 0.15) is 0 Å². The van der Waals surface area contributed by atoms with Crippen molar-refractivity contribution >= 4 is 0 Å². The molecule has 2 atom stereocenters. The van der Waals surface area contributed by atoms with Crippen molar-refractivity contribution in [3.8, 4) is 0 Å². The fourth-order valence-corrected chi connectivity index (χ4v) is 2.96. The molecular formula is C17H28N2O. The third-order valence-electron chi connectivity index (χ3n) is 4.15. The third kappa shape index (κ3) is 5.23. The Labute approximate surface area is 123 Å². The summed E-state index contributed by atoms with van der Waals surface area (Å²) in [5.74, 6) is 0. The number of nitrogens with zero attached hydrogens (tertiary/aromatic N) is 1. The lowest BCUT2D eigenvalue weighted by atomic mass is 9.92. The van der Waals surface area contributed by atoms with E-state index in [1.54, 1.807) is 0 Å². The van der Waals surface area contributed by atoms with Gasteiger partial charge in [-0.05, 0) is 45.0 Å². The third-order valence-corrected chi connectivity index (χ3v) is 4.15. The minimum atomic E-state index is -0.134. The molecule has 0 amide bonds. The van der Waals surface area contributed by atoms with Gasteiger partial charge in [-0.3, -0.25) is 0 Å². The van der Waals surface area contributed by atoms with E-state index in [9.17, 15) is 5.11 Å². The standard InChI is InChI=1S/C17H28N2O/c1-19(14-15-8-3-2-4-9-15)13-7-12-18-16-10-5-6-11-17(16)20/h2-4,8-9,16-18,20H,5-7,10-14H2,1H3/t16-,17-/m1/s1. The second kappa shape index (κ2) is 8.40. The van der Waals surface area contributed by atoms with Crippen LogP contribution in [0, 0.1) is 0 Å². The lowest BCUT2D eigenvalue weighted by molar-refractivity contribution is 0.0906. The number of hydrogen-bond acceptors (Lipinski definition) is 3. The van der Waals surface area contributed by atoms with Crippen molar-refractivity contribution in [2.45, 2.75) is 50.8 Å². The number of benzene rings is 1. The van der Waals surface area contributed by atoms with Gasteiger partial charge in [-0.25, -0.2) is 0 Å². The Balaban J connectivity index is 1.58. The summed E-state index contributed by atoms with van der Waals surface area (Å²) in [6.45, 7) is 3.10. The molecule has 3 heteroatoms. The molecule has 0 spiro atoms. The predicted molar refractivity (Wildman–Crippen MR) is 83.7 cm³/mol. The van der Waals surface area contributed by atoms with Crippen LogP contribution >= 0.6 is 0 Å². The summed E-state index contributed by atoms with van der Waals surface area (Å²) >= 11 is 0. The fraction of sp³-hybridized carbons (Fsp3) is 0.647. The van der Waals surface area contributed by atoms with Crippen LogP contribution in [0.25, 0.3) is 0 Å². The molecule has 0 heterocycles.